The summed E-state index contributed by atoms with van der Waals surface area (Å²) in [6.07, 6.45) is 2.86. The molecule has 0 spiro atoms. The lowest BCUT2D eigenvalue weighted by Gasteiger charge is -1.99. The zero-order valence-corrected chi connectivity index (χ0v) is 6.13. The highest BCUT2D eigenvalue weighted by molar-refractivity contribution is 5.91. The number of carbonyl (C=O) groups is 1. The van der Waals surface area contributed by atoms with E-state index in [0.29, 0.717) is 12.3 Å². The molecule has 1 aromatic heterocycles. The van der Waals surface area contributed by atoms with Crippen molar-refractivity contribution in [2.45, 2.75) is 6.92 Å². The van der Waals surface area contributed by atoms with Crippen LogP contribution in [0.4, 0.5) is 0 Å². The standard InChI is InChI=1S/C6H9N3O2/c1-2-11-9-6(10)5-3-7-4-8-5/h3-4H,2H2,1H3,(H,7,8)(H,9,10). The molecule has 0 bridgehead atoms. The van der Waals surface area contributed by atoms with Gasteiger partial charge in [0.1, 0.15) is 5.69 Å². The SMILES string of the molecule is CCONC(=O)c1cnc[nH]1. The Labute approximate surface area is 63.7 Å². The van der Waals surface area contributed by atoms with E-state index >= 15 is 0 Å². The molecular weight excluding hydrogens is 146 g/mol. The predicted molar refractivity (Wildman–Crippen MR) is 37.7 cm³/mol. The van der Waals surface area contributed by atoms with E-state index in [2.05, 4.69) is 20.3 Å². The third-order valence-corrected chi connectivity index (χ3v) is 1.05. The lowest BCUT2D eigenvalue weighted by molar-refractivity contribution is 0.0360. The average molecular weight is 155 g/mol. The second kappa shape index (κ2) is 3.72. The van der Waals surface area contributed by atoms with Gasteiger partial charge in [-0.1, -0.05) is 0 Å². The van der Waals surface area contributed by atoms with E-state index < -0.39 is 0 Å². The Hall–Kier alpha value is -1.36. The van der Waals surface area contributed by atoms with Crippen molar-refractivity contribution in [3.05, 3.63) is 18.2 Å². The summed E-state index contributed by atoms with van der Waals surface area (Å²) < 4.78 is 0. The molecule has 0 saturated carbocycles. The van der Waals surface area contributed by atoms with E-state index in [1.165, 1.54) is 12.5 Å². The van der Waals surface area contributed by atoms with Crippen molar-refractivity contribution in [2.24, 2.45) is 0 Å². The number of carbonyl (C=O) groups excluding carboxylic acids is 1. The molecule has 11 heavy (non-hydrogen) atoms. The summed E-state index contributed by atoms with van der Waals surface area (Å²) in [7, 11) is 0. The number of nitrogens with one attached hydrogen (secondary N) is 2. The molecule has 5 nitrogen and oxygen atoms in total. The fourth-order valence-electron chi connectivity index (χ4n) is 0.573. The van der Waals surface area contributed by atoms with Crippen LogP contribution in [0.1, 0.15) is 17.4 Å². The number of H-pyrrole nitrogens is 1. The molecule has 0 aliphatic carbocycles. The normalized spacial score (nSPS) is 9.55. The Kier molecular flexibility index (Phi) is 2.62. The molecule has 0 radical (unpaired) electrons. The monoisotopic (exact) mass is 155 g/mol. The molecule has 1 heterocycles. The minimum absolute atomic E-state index is 0.315. The third kappa shape index (κ3) is 2.05. The van der Waals surface area contributed by atoms with Crippen molar-refractivity contribution in [3.63, 3.8) is 0 Å². The molecule has 0 fully saturated rings. The van der Waals surface area contributed by atoms with Crippen molar-refractivity contribution in [1.82, 2.24) is 15.4 Å². The highest BCUT2D eigenvalue weighted by atomic mass is 16.6. The zero-order chi connectivity index (χ0) is 8.10. The minimum atomic E-state index is -0.315. The Morgan fingerprint density at radius 1 is 1.91 bits per heavy atom. The highest BCUT2D eigenvalue weighted by Crippen LogP contribution is 1.89. The van der Waals surface area contributed by atoms with Crippen LogP contribution in [0.15, 0.2) is 12.5 Å². The van der Waals surface area contributed by atoms with Gasteiger partial charge >= 0.3 is 0 Å². The molecular formula is C6H9N3O2. The van der Waals surface area contributed by atoms with Crippen LogP contribution >= 0.6 is 0 Å². The van der Waals surface area contributed by atoms with Crippen molar-refractivity contribution in [2.75, 3.05) is 6.61 Å². The number of hydrogen-bond donors (Lipinski definition) is 2. The Morgan fingerprint density at radius 2 is 2.73 bits per heavy atom. The maximum Gasteiger partial charge on any atom is 0.292 e. The first-order chi connectivity index (χ1) is 5.34. The summed E-state index contributed by atoms with van der Waals surface area (Å²) in [5.74, 6) is -0.315. The molecule has 0 saturated heterocycles. The predicted octanol–water partition coefficient (Wildman–Crippen LogP) is 0.0910. The van der Waals surface area contributed by atoms with Gasteiger partial charge in [-0.05, 0) is 6.92 Å². The van der Waals surface area contributed by atoms with E-state index in [1.54, 1.807) is 6.92 Å². The van der Waals surface area contributed by atoms with Gasteiger partial charge < -0.3 is 4.98 Å². The first kappa shape index (κ1) is 7.74. The number of imidazole rings is 1. The molecule has 5 heteroatoms. The molecule has 60 valence electrons. The van der Waals surface area contributed by atoms with Crippen LogP contribution in [-0.2, 0) is 4.84 Å². The van der Waals surface area contributed by atoms with Gasteiger partial charge in [-0.2, -0.15) is 0 Å². The van der Waals surface area contributed by atoms with Crippen molar-refractivity contribution < 1.29 is 9.63 Å². The number of nitrogens with zero attached hydrogens (tertiary/aromatic N) is 1. The van der Waals surface area contributed by atoms with E-state index in [-0.39, 0.29) is 5.91 Å². The summed E-state index contributed by atoms with van der Waals surface area (Å²) in [4.78, 5) is 22.0. The number of hydroxylamine groups is 1. The molecule has 1 aromatic rings. The molecule has 0 atom stereocenters. The Balaban J connectivity index is 2.43. The van der Waals surface area contributed by atoms with Crippen molar-refractivity contribution >= 4 is 5.91 Å². The van der Waals surface area contributed by atoms with E-state index in [0.717, 1.165) is 0 Å². The fraction of sp³-hybridized carbons (Fsp3) is 0.333. The maximum absolute atomic E-state index is 11.0. The molecule has 0 aromatic carbocycles. The van der Waals surface area contributed by atoms with Gasteiger partial charge in [0.05, 0.1) is 19.1 Å². The Morgan fingerprint density at radius 3 is 3.27 bits per heavy atom. The second-order valence-corrected chi connectivity index (χ2v) is 1.83. The summed E-state index contributed by atoms with van der Waals surface area (Å²) in [5.41, 5.74) is 2.61. The number of rotatable bonds is 3. The number of aromatic amines is 1. The highest BCUT2D eigenvalue weighted by Gasteiger charge is 2.04. The third-order valence-electron chi connectivity index (χ3n) is 1.05. The van der Waals surface area contributed by atoms with E-state index in [1.807, 2.05) is 0 Å². The van der Waals surface area contributed by atoms with Gasteiger partial charge in [-0.3, -0.25) is 9.63 Å². The minimum Gasteiger partial charge on any atom is -0.341 e. The average Bonchev–Trinajstić information content (AvgIpc) is 2.52. The van der Waals surface area contributed by atoms with Crippen LogP contribution in [0.3, 0.4) is 0 Å². The fourth-order valence-corrected chi connectivity index (χ4v) is 0.573. The smallest absolute Gasteiger partial charge is 0.292 e. The van der Waals surface area contributed by atoms with Gasteiger partial charge in [0.25, 0.3) is 5.91 Å². The van der Waals surface area contributed by atoms with Crippen LogP contribution in [0.5, 0.6) is 0 Å². The first-order valence-electron chi connectivity index (χ1n) is 3.25. The Bertz CT molecular complexity index is 220. The van der Waals surface area contributed by atoms with Crippen LogP contribution in [-0.4, -0.2) is 22.5 Å². The van der Waals surface area contributed by atoms with Gasteiger partial charge in [-0.25, -0.2) is 10.5 Å². The van der Waals surface area contributed by atoms with Crippen LogP contribution in [0.25, 0.3) is 0 Å². The van der Waals surface area contributed by atoms with Crippen LogP contribution < -0.4 is 5.48 Å². The molecule has 0 aliphatic rings. The quantitative estimate of drug-likeness (QED) is 0.608. The number of aromatic nitrogens is 2. The molecule has 0 aliphatic heterocycles. The first-order valence-corrected chi connectivity index (χ1v) is 3.25. The lowest BCUT2D eigenvalue weighted by atomic mass is 10.5. The van der Waals surface area contributed by atoms with Crippen molar-refractivity contribution in [3.8, 4) is 0 Å². The summed E-state index contributed by atoms with van der Waals surface area (Å²) in [6.45, 7) is 2.23. The summed E-state index contributed by atoms with van der Waals surface area (Å²) >= 11 is 0. The second-order valence-electron chi connectivity index (χ2n) is 1.83. The summed E-state index contributed by atoms with van der Waals surface area (Å²) in [5, 5.41) is 0. The van der Waals surface area contributed by atoms with Gasteiger partial charge in [-0.15, -0.1) is 0 Å². The topological polar surface area (TPSA) is 67.0 Å². The van der Waals surface area contributed by atoms with Gasteiger partial charge in [0, 0.05) is 0 Å². The zero-order valence-electron chi connectivity index (χ0n) is 6.13. The lowest BCUT2D eigenvalue weighted by Crippen LogP contribution is -2.23. The number of amides is 1. The largest absolute Gasteiger partial charge is 0.341 e. The molecule has 1 rings (SSSR count). The van der Waals surface area contributed by atoms with Crippen molar-refractivity contribution in [1.29, 1.82) is 0 Å². The van der Waals surface area contributed by atoms with Crippen LogP contribution in [0, 0.1) is 0 Å². The maximum atomic E-state index is 11.0. The van der Waals surface area contributed by atoms with Crippen LogP contribution in [0.2, 0.25) is 0 Å². The molecule has 0 unspecified atom stereocenters. The van der Waals surface area contributed by atoms with Gasteiger partial charge in [0.2, 0.25) is 0 Å². The van der Waals surface area contributed by atoms with E-state index in [4.69, 9.17) is 0 Å². The molecule has 2 N–H and O–H groups in total. The molecule has 1 amide bonds. The van der Waals surface area contributed by atoms with Gasteiger partial charge in [0.15, 0.2) is 0 Å². The van der Waals surface area contributed by atoms with E-state index in [9.17, 15) is 4.79 Å². The summed E-state index contributed by atoms with van der Waals surface area (Å²) in [6, 6.07) is 0. The number of hydrogen-bond acceptors (Lipinski definition) is 3.